The standard InChI is InChI=1S/C27H35N5O3/c1-3-22(19-10-6-4-7-11-19)30-27(35)32-24(26(34)31(2)20-12-8-5-9-13-20)21(25(32)33)16-18-14-15-29-23(28)17-18/h5,8-9,12-15,17,19,21-22,24H,3-4,6-7,10-11,16H2,1-2H3,(H2,28,29)(H,30,35)/t21-,22?,24+/m1/s1. The summed E-state index contributed by atoms with van der Waals surface area (Å²) in [7, 11) is 1.68. The van der Waals surface area contributed by atoms with Gasteiger partial charge in [-0.2, -0.15) is 0 Å². The third-order valence-corrected chi connectivity index (χ3v) is 7.43. The molecule has 0 radical (unpaired) electrons. The SMILES string of the molecule is CCC(NC(=O)N1C(=O)[C@H](Cc2ccnc(N)c2)[C@H]1C(=O)N(C)c1ccccc1)C1CCCCC1. The fraction of sp³-hybridized carbons (Fsp3) is 0.481. The third-order valence-electron chi connectivity index (χ3n) is 7.43. The molecule has 4 rings (SSSR count). The summed E-state index contributed by atoms with van der Waals surface area (Å²) in [4.78, 5) is 46.9. The summed E-state index contributed by atoms with van der Waals surface area (Å²) in [6, 6.07) is 11.4. The van der Waals surface area contributed by atoms with Gasteiger partial charge < -0.3 is 16.0 Å². The lowest BCUT2D eigenvalue weighted by molar-refractivity contribution is -0.156. The number of rotatable bonds is 7. The molecule has 35 heavy (non-hydrogen) atoms. The molecule has 1 aliphatic carbocycles. The number of benzene rings is 1. The van der Waals surface area contributed by atoms with Gasteiger partial charge >= 0.3 is 6.03 Å². The van der Waals surface area contributed by atoms with Crippen molar-refractivity contribution in [3.05, 3.63) is 54.2 Å². The van der Waals surface area contributed by atoms with Gasteiger partial charge in [-0.3, -0.25) is 14.5 Å². The van der Waals surface area contributed by atoms with Gasteiger partial charge in [-0.25, -0.2) is 9.78 Å². The number of likely N-dealkylation sites (N-methyl/N-ethyl adjacent to an activating group) is 1. The van der Waals surface area contributed by atoms with Gasteiger partial charge in [0, 0.05) is 25.0 Å². The van der Waals surface area contributed by atoms with Gasteiger partial charge in [0.25, 0.3) is 5.91 Å². The number of hydrogen-bond donors (Lipinski definition) is 2. The summed E-state index contributed by atoms with van der Waals surface area (Å²) in [5.74, 6) is -0.506. The number of nitrogens with two attached hydrogens (primary N) is 1. The number of para-hydroxylation sites is 1. The molecule has 8 heteroatoms. The van der Waals surface area contributed by atoms with Crippen molar-refractivity contribution in [2.24, 2.45) is 11.8 Å². The number of β-lactam (4-membered cyclic amide) rings is 1. The lowest BCUT2D eigenvalue weighted by Crippen LogP contribution is -2.71. The molecule has 186 valence electrons. The number of pyridine rings is 1. The molecule has 2 aliphatic rings. The summed E-state index contributed by atoms with van der Waals surface area (Å²) in [6.07, 6.45) is 8.42. The van der Waals surface area contributed by atoms with Crippen molar-refractivity contribution < 1.29 is 14.4 Å². The molecule has 2 fully saturated rings. The van der Waals surface area contributed by atoms with Gasteiger partial charge in [-0.1, -0.05) is 44.4 Å². The molecule has 8 nitrogen and oxygen atoms in total. The highest BCUT2D eigenvalue weighted by atomic mass is 16.2. The highest BCUT2D eigenvalue weighted by molar-refractivity contribution is 6.12. The Morgan fingerprint density at radius 1 is 1.17 bits per heavy atom. The van der Waals surface area contributed by atoms with Crippen molar-refractivity contribution in [2.45, 2.75) is 64.0 Å². The Kier molecular flexibility index (Phi) is 7.68. The summed E-state index contributed by atoms with van der Waals surface area (Å²) < 4.78 is 0. The minimum absolute atomic E-state index is 0.00255. The second-order valence-electron chi connectivity index (χ2n) is 9.65. The van der Waals surface area contributed by atoms with Crippen LogP contribution in [0.1, 0.15) is 51.0 Å². The van der Waals surface area contributed by atoms with Crippen LogP contribution in [0.25, 0.3) is 0 Å². The fourth-order valence-electron chi connectivity index (χ4n) is 5.43. The Balaban J connectivity index is 1.56. The maximum Gasteiger partial charge on any atom is 0.325 e. The highest BCUT2D eigenvalue weighted by Crippen LogP contribution is 2.34. The molecule has 1 unspecified atom stereocenters. The van der Waals surface area contributed by atoms with E-state index in [9.17, 15) is 14.4 Å². The first kappa shape index (κ1) is 24.7. The van der Waals surface area contributed by atoms with Gasteiger partial charge in [-0.15, -0.1) is 0 Å². The molecular formula is C27H35N5O3. The minimum Gasteiger partial charge on any atom is -0.384 e. The first-order valence-electron chi connectivity index (χ1n) is 12.6. The number of nitrogens with zero attached hydrogens (tertiary/aromatic N) is 3. The average molecular weight is 478 g/mol. The maximum atomic E-state index is 13.6. The zero-order valence-electron chi connectivity index (χ0n) is 20.5. The smallest absolute Gasteiger partial charge is 0.325 e. The highest BCUT2D eigenvalue weighted by Gasteiger charge is 2.55. The first-order chi connectivity index (χ1) is 16.9. The van der Waals surface area contributed by atoms with E-state index in [1.165, 1.54) is 24.2 Å². The Hall–Kier alpha value is -3.42. The molecule has 3 N–H and O–H groups in total. The van der Waals surface area contributed by atoms with Crippen molar-refractivity contribution in [1.82, 2.24) is 15.2 Å². The van der Waals surface area contributed by atoms with Gasteiger partial charge in [0.15, 0.2) is 0 Å². The second-order valence-corrected chi connectivity index (χ2v) is 9.65. The second kappa shape index (κ2) is 10.9. The van der Waals surface area contributed by atoms with Crippen LogP contribution < -0.4 is 16.0 Å². The molecule has 0 bridgehead atoms. The van der Waals surface area contributed by atoms with Gasteiger partial charge in [0.2, 0.25) is 5.91 Å². The molecule has 2 aromatic rings. The van der Waals surface area contributed by atoms with E-state index in [4.69, 9.17) is 5.73 Å². The topological polar surface area (TPSA) is 109 Å². The number of anilines is 2. The van der Waals surface area contributed by atoms with E-state index in [0.29, 0.717) is 23.8 Å². The predicted octanol–water partition coefficient (Wildman–Crippen LogP) is 3.76. The Labute approximate surface area is 206 Å². The summed E-state index contributed by atoms with van der Waals surface area (Å²) in [5.41, 5.74) is 7.33. The number of likely N-dealkylation sites (tertiary alicyclic amines) is 1. The zero-order chi connectivity index (χ0) is 24.9. The van der Waals surface area contributed by atoms with Crippen LogP contribution in [-0.2, 0) is 16.0 Å². The Morgan fingerprint density at radius 2 is 1.89 bits per heavy atom. The molecule has 1 aromatic heterocycles. The molecule has 2 heterocycles. The molecule has 3 atom stereocenters. The van der Waals surface area contributed by atoms with E-state index in [1.807, 2.05) is 30.3 Å². The lowest BCUT2D eigenvalue weighted by Gasteiger charge is -2.46. The number of nitrogens with one attached hydrogen (secondary N) is 1. The molecule has 1 aromatic carbocycles. The third kappa shape index (κ3) is 5.31. The fourth-order valence-corrected chi connectivity index (χ4v) is 5.43. The van der Waals surface area contributed by atoms with E-state index in [2.05, 4.69) is 17.2 Å². The van der Waals surface area contributed by atoms with Crippen LogP contribution in [-0.4, -0.2) is 46.9 Å². The molecule has 1 saturated carbocycles. The van der Waals surface area contributed by atoms with E-state index < -0.39 is 18.0 Å². The Morgan fingerprint density at radius 3 is 2.54 bits per heavy atom. The molecule has 1 aliphatic heterocycles. The van der Waals surface area contributed by atoms with E-state index in [0.717, 1.165) is 29.7 Å². The summed E-state index contributed by atoms with van der Waals surface area (Å²) in [5, 5.41) is 3.09. The average Bonchev–Trinajstić information content (AvgIpc) is 2.89. The normalized spacial score (nSPS) is 21.2. The van der Waals surface area contributed by atoms with Crippen molar-refractivity contribution in [3.8, 4) is 0 Å². The molecule has 4 amide bonds. The number of aromatic nitrogens is 1. The number of nitrogen functional groups attached to an aromatic ring is 1. The number of carbonyl (C=O) groups is 3. The van der Waals surface area contributed by atoms with Crippen LogP contribution in [0.15, 0.2) is 48.7 Å². The largest absolute Gasteiger partial charge is 0.384 e. The van der Waals surface area contributed by atoms with Crippen molar-refractivity contribution >= 4 is 29.4 Å². The van der Waals surface area contributed by atoms with E-state index in [-0.39, 0.29) is 17.9 Å². The Bertz CT molecular complexity index is 1050. The first-order valence-corrected chi connectivity index (χ1v) is 12.6. The van der Waals surface area contributed by atoms with Crippen molar-refractivity contribution in [3.63, 3.8) is 0 Å². The van der Waals surface area contributed by atoms with Crippen molar-refractivity contribution in [1.29, 1.82) is 0 Å². The molecule has 1 saturated heterocycles. The maximum absolute atomic E-state index is 13.6. The van der Waals surface area contributed by atoms with Crippen LogP contribution in [0.3, 0.4) is 0 Å². The van der Waals surface area contributed by atoms with E-state index >= 15 is 0 Å². The summed E-state index contributed by atoms with van der Waals surface area (Å²) in [6.45, 7) is 2.06. The monoisotopic (exact) mass is 477 g/mol. The van der Waals surface area contributed by atoms with Gasteiger partial charge in [-0.05, 0) is 61.4 Å². The van der Waals surface area contributed by atoms with Gasteiger partial charge in [0.05, 0.1) is 5.92 Å². The van der Waals surface area contributed by atoms with Gasteiger partial charge in [0.1, 0.15) is 11.9 Å². The number of carbonyl (C=O) groups excluding carboxylic acids is 3. The van der Waals surface area contributed by atoms with Crippen LogP contribution in [0.4, 0.5) is 16.3 Å². The number of hydrogen-bond acceptors (Lipinski definition) is 5. The molecule has 0 spiro atoms. The number of amides is 4. The minimum atomic E-state index is -0.883. The number of urea groups is 1. The zero-order valence-corrected chi connectivity index (χ0v) is 20.5. The van der Waals surface area contributed by atoms with Crippen molar-refractivity contribution in [2.75, 3.05) is 17.7 Å². The van der Waals surface area contributed by atoms with Crippen LogP contribution in [0, 0.1) is 11.8 Å². The van der Waals surface area contributed by atoms with E-state index in [1.54, 1.807) is 25.4 Å². The van der Waals surface area contributed by atoms with Crippen LogP contribution >= 0.6 is 0 Å². The van der Waals surface area contributed by atoms with Crippen LogP contribution in [0.2, 0.25) is 0 Å². The lowest BCUT2D eigenvalue weighted by atomic mass is 9.81. The quantitative estimate of drug-likeness (QED) is 0.590. The van der Waals surface area contributed by atoms with Crippen LogP contribution in [0.5, 0.6) is 0 Å². The predicted molar refractivity (Wildman–Crippen MR) is 136 cm³/mol. The number of imide groups is 1. The summed E-state index contributed by atoms with van der Waals surface area (Å²) >= 11 is 0. The molecular weight excluding hydrogens is 442 g/mol.